The number of carbonyl (C=O) groups is 2. The Bertz CT molecular complexity index is 689. The third-order valence-corrected chi connectivity index (χ3v) is 4.16. The molecule has 1 saturated heterocycles. The van der Waals surface area contributed by atoms with Gasteiger partial charge in [-0.05, 0) is 17.7 Å². The van der Waals surface area contributed by atoms with Crippen LogP contribution >= 0.6 is 11.6 Å². The van der Waals surface area contributed by atoms with Crippen LogP contribution in [0.3, 0.4) is 0 Å². The number of hydrogen-bond acceptors (Lipinski definition) is 2. The Morgan fingerprint density at radius 1 is 1.05 bits per heavy atom. The van der Waals surface area contributed by atoms with Gasteiger partial charge in [-0.2, -0.15) is 0 Å². The first-order chi connectivity index (χ1) is 10.1. The molecule has 0 aromatic heterocycles. The number of nitrogens with zero attached hydrogens (tertiary/aromatic N) is 1. The molecule has 1 amide bonds. The Morgan fingerprint density at radius 3 is 2.10 bits per heavy atom. The minimum atomic E-state index is -1.95. The predicted octanol–water partition coefficient (Wildman–Crippen LogP) is 2.84. The smallest absolute Gasteiger partial charge is 0.337 e. The second-order valence-corrected chi connectivity index (χ2v) is 5.44. The number of carboxylic acids is 1. The first-order valence-electron chi connectivity index (χ1n) is 6.42. The van der Waals surface area contributed by atoms with Crippen molar-refractivity contribution in [2.45, 2.75) is 10.9 Å². The van der Waals surface area contributed by atoms with Crippen molar-refractivity contribution in [2.75, 3.05) is 4.90 Å². The van der Waals surface area contributed by atoms with Crippen LogP contribution in [0.2, 0.25) is 0 Å². The zero-order chi connectivity index (χ0) is 15.0. The highest BCUT2D eigenvalue weighted by molar-refractivity contribution is 6.51. The van der Waals surface area contributed by atoms with E-state index in [0.717, 1.165) is 0 Å². The van der Waals surface area contributed by atoms with Crippen molar-refractivity contribution in [1.82, 2.24) is 0 Å². The van der Waals surface area contributed by atoms with Crippen molar-refractivity contribution in [1.29, 1.82) is 0 Å². The van der Waals surface area contributed by atoms with E-state index in [1.54, 1.807) is 48.5 Å². The number of benzene rings is 2. The molecule has 2 aromatic carbocycles. The Balaban J connectivity index is 2.09. The zero-order valence-electron chi connectivity index (χ0n) is 10.9. The number of rotatable bonds is 3. The number of aliphatic carboxylic acids is 1. The van der Waals surface area contributed by atoms with Crippen LogP contribution in [-0.2, 0) is 9.59 Å². The van der Waals surface area contributed by atoms with E-state index in [0.29, 0.717) is 11.3 Å². The summed E-state index contributed by atoms with van der Waals surface area (Å²) in [5.41, 5.74) is 1.33. The lowest BCUT2D eigenvalue weighted by Gasteiger charge is -2.50. The number of carbonyl (C=O) groups excluding carboxylic acids is 1. The van der Waals surface area contributed by atoms with Crippen LogP contribution in [0, 0.1) is 0 Å². The summed E-state index contributed by atoms with van der Waals surface area (Å²) in [5, 5.41) is 9.38. The molecule has 3 rings (SSSR count). The lowest BCUT2D eigenvalue weighted by atomic mass is 9.81. The zero-order valence-corrected chi connectivity index (χ0v) is 11.7. The van der Waals surface area contributed by atoms with Gasteiger partial charge in [0.2, 0.25) is 4.87 Å². The van der Waals surface area contributed by atoms with Crippen LogP contribution in [-0.4, -0.2) is 21.9 Å². The van der Waals surface area contributed by atoms with Gasteiger partial charge in [-0.15, -0.1) is 0 Å². The van der Waals surface area contributed by atoms with Crippen molar-refractivity contribution in [2.24, 2.45) is 0 Å². The number of β-lactam (4-membered cyclic amide) rings is 1. The number of hydrogen-bond donors (Lipinski definition) is 1. The van der Waals surface area contributed by atoms with Crippen LogP contribution in [0.5, 0.6) is 0 Å². The van der Waals surface area contributed by atoms with Crippen LogP contribution < -0.4 is 4.90 Å². The van der Waals surface area contributed by atoms with Gasteiger partial charge in [0.15, 0.2) is 0 Å². The Kier molecular flexibility index (Phi) is 3.18. The van der Waals surface area contributed by atoms with Gasteiger partial charge in [-0.25, -0.2) is 4.79 Å². The van der Waals surface area contributed by atoms with Gasteiger partial charge >= 0.3 is 5.97 Å². The molecule has 21 heavy (non-hydrogen) atoms. The fraction of sp³-hybridized carbons (Fsp3) is 0.125. The highest BCUT2D eigenvalue weighted by Gasteiger charge is 2.66. The van der Waals surface area contributed by atoms with E-state index in [2.05, 4.69) is 0 Å². The van der Waals surface area contributed by atoms with E-state index in [9.17, 15) is 14.7 Å². The summed E-state index contributed by atoms with van der Waals surface area (Å²) >= 11 is 6.15. The van der Waals surface area contributed by atoms with E-state index >= 15 is 0 Å². The van der Waals surface area contributed by atoms with Crippen LogP contribution in [0.25, 0.3) is 0 Å². The van der Waals surface area contributed by atoms with Crippen molar-refractivity contribution in [3.05, 3.63) is 66.2 Å². The Labute approximate surface area is 126 Å². The van der Waals surface area contributed by atoms with E-state index in [-0.39, 0.29) is 0 Å². The molecule has 106 valence electrons. The third kappa shape index (κ3) is 1.91. The molecular weight excluding hydrogens is 290 g/mol. The number of carboxylic acid groups (broad SMARTS) is 1. The average molecular weight is 302 g/mol. The largest absolute Gasteiger partial charge is 0.479 e. The molecule has 2 atom stereocenters. The summed E-state index contributed by atoms with van der Waals surface area (Å²) in [6.07, 6.45) is 0. The van der Waals surface area contributed by atoms with Crippen molar-refractivity contribution in [3.63, 3.8) is 0 Å². The van der Waals surface area contributed by atoms with Gasteiger partial charge < -0.3 is 5.11 Å². The number of anilines is 1. The first kappa shape index (κ1) is 13.6. The summed E-state index contributed by atoms with van der Waals surface area (Å²) in [4.78, 5) is 23.3. The summed E-state index contributed by atoms with van der Waals surface area (Å²) in [5.74, 6) is -1.94. The van der Waals surface area contributed by atoms with Gasteiger partial charge in [-0.1, -0.05) is 60.1 Å². The number of para-hydroxylation sites is 1. The maximum atomic E-state index is 12.3. The molecule has 0 spiro atoms. The lowest BCUT2D eigenvalue weighted by Crippen LogP contribution is -2.69. The molecular formula is C16H12ClNO3. The van der Waals surface area contributed by atoms with Crippen molar-refractivity contribution >= 4 is 29.2 Å². The molecule has 1 N–H and O–H groups in total. The average Bonchev–Trinajstić information content (AvgIpc) is 2.52. The van der Waals surface area contributed by atoms with Crippen molar-refractivity contribution in [3.8, 4) is 0 Å². The molecule has 1 aliphatic rings. The second kappa shape index (κ2) is 4.90. The lowest BCUT2D eigenvalue weighted by molar-refractivity contribution is -0.149. The predicted molar refractivity (Wildman–Crippen MR) is 79.3 cm³/mol. The molecule has 1 fully saturated rings. The van der Waals surface area contributed by atoms with E-state index in [1.807, 2.05) is 12.1 Å². The quantitative estimate of drug-likeness (QED) is 0.539. The van der Waals surface area contributed by atoms with E-state index in [4.69, 9.17) is 11.6 Å². The molecule has 4 nitrogen and oxygen atoms in total. The second-order valence-electron chi connectivity index (χ2n) is 4.84. The first-order valence-corrected chi connectivity index (χ1v) is 6.80. The molecule has 0 bridgehead atoms. The van der Waals surface area contributed by atoms with E-state index < -0.39 is 22.8 Å². The highest BCUT2D eigenvalue weighted by atomic mass is 35.5. The van der Waals surface area contributed by atoms with Gasteiger partial charge in [0.25, 0.3) is 5.91 Å². The summed E-state index contributed by atoms with van der Waals surface area (Å²) < 4.78 is 0. The molecule has 1 aliphatic heterocycles. The Morgan fingerprint density at radius 2 is 1.57 bits per heavy atom. The molecule has 2 unspecified atom stereocenters. The number of amides is 1. The minimum absolute atomic E-state index is 0.614. The molecule has 0 radical (unpaired) electrons. The third-order valence-electron chi connectivity index (χ3n) is 3.63. The normalized spacial score (nSPS) is 24.5. The molecule has 0 aliphatic carbocycles. The van der Waals surface area contributed by atoms with E-state index in [1.165, 1.54) is 4.90 Å². The van der Waals surface area contributed by atoms with Crippen molar-refractivity contribution < 1.29 is 14.7 Å². The van der Waals surface area contributed by atoms with Crippen LogP contribution in [0.4, 0.5) is 5.69 Å². The summed E-state index contributed by atoms with van der Waals surface area (Å²) in [6, 6.07) is 17.1. The SMILES string of the molecule is O=C(O)C1(Cl)C(=O)N(c2ccccc2)C1c1ccccc1. The fourth-order valence-corrected chi connectivity index (χ4v) is 2.91. The standard InChI is InChI=1S/C16H12ClNO3/c17-16(15(20)21)13(11-7-3-1-4-8-11)18(14(16)19)12-9-5-2-6-10-12/h1-10,13H,(H,20,21). The van der Waals surface area contributed by atoms with Gasteiger partial charge in [0.1, 0.15) is 6.04 Å². The molecule has 0 saturated carbocycles. The van der Waals surface area contributed by atoms with Crippen LogP contribution in [0.15, 0.2) is 60.7 Å². The number of alkyl halides is 1. The molecule has 1 heterocycles. The minimum Gasteiger partial charge on any atom is -0.479 e. The topological polar surface area (TPSA) is 57.6 Å². The molecule has 2 aromatic rings. The fourth-order valence-electron chi connectivity index (χ4n) is 2.60. The van der Waals surface area contributed by atoms with Gasteiger partial charge in [0.05, 0.1) is 0 Å². The highest BCUT2D eigenvalue weighted by Crippen LogP contribution is 2.50. The van der Waals surface area contributed by atoms with Gasteiger partial charge in [-0.3, -0.25) is 9.69 Å². The van der Waals surface area contributed by atoms with Crippen LogP contribution in [0.1, 0.15) is 11.6 Å². The number of halogens is 1. The van der Waals surface area contributed by atoms with Gasteiger partial charge in [0, 0.05) is 5.69 Å². The Hall–Kier alpha value is -2.33. The maximum Gasteiger partial charge on any atom is 0.337 e. The molecule has 5 heteroatoms. The monoisotopic (exact) mass is 301 g/mol. The maximum absolute atomic E-state index is 12.3. The summed E-state index contributed by atoms with van der Waals surface area (Å²) in [6.45, 7) is 0. The summed E-state index contributed by atoms with van der Waals surface area (Å²) in [7, 11) is 0.